The molecule has 0 saturated carbocycles. The molecule has 7 heteroatoms. The summed E-state index contributed by atoms with van der Waals surface area (Å²) < 4.78 is 0.379. The average molecular weight is 369 g/mol. The lowest BCUT2D eigenvalue weighted by molar-refractivity contribution is -0.126. The van der Waals surface area contributed by atoms with Crippen LogP contribution in [-0.4, -0.2) is 32.6 Å². The van der Waals surface area contributed by atoms with Gasteiger partial charge in [-0.25, -0.2) is 0 Å². The van der Waals surface area contributed by atoms with Crippen molar-refractivity contribution < 1.29 is 9.59 Å². The third-order valence-electron chi connectivity index (χ3n) is 3.50. The summed E-state index contributed by atoms with van der Waals surface area (Å²) in [6, 6.07) is 11.3. The number of amides is 2. The fourth-order valence-corrected chi connectivity index (χ4v) is 3.49. The highest BCUT2D eigenvalue weighted by atomic mass is 32.2. The van der Waals surface area contributed by atoms with Crippen molar-refractivity contribution in [1.82, 2.24) is 9.88 Å². The Morgan fingerprint density at radius 1 is 1.32 bits per heavy atom. The van der Waals surface area contributed by atoms with Crippen LogP contribution in [0.15, 0.2) is 53.7 Å². The number of rotatable bonds is 4. The van der Waals surface area contributed by atoms with Gasteiger partial charge in [0.2, 0.25) is 5.91 Å². The molecule has 0 bridgehead atoms. The Morgan fingerprint density at radius 2 is 2.08 bits per heavy atom. The highest BCUT2D eigenvalue weighted by Crippen LogP contribution is 2.32. The minimum Gasteiger partial charge on any atom is -0.323 e. The third kappa shape index (κ3) is 4.32. The smallest absolute Gasteiger partial charge is 0.266 e. The van der Waals surface area contributed by atoms with Crippen LogP contribution in [0.25, 0.3) is 6.08 Å². The molecule has 1 N–H and O–H groups in total. The number of carbonyl (C=O) groups is 2. The van der Waals surface area contributed by atoms with Gasteiger partial charge in [0.15, 0.2) is 0 Å². The van der Waals surface area contributed by atoms with Crippen LogP contribution >= 0.6 is 24.0 Å². The normalized spacial score (nSPS) is 15.7. The van der Waals surface area contributed by atoms with E-state index in [1.807, 2.05) is 31.2 Å². The summed E-state index contributed by atoms with van der Waals surface area (Å²) in [4.78, 5) is 30.4. The van der Waals surface area contributed by atoms with Gasteiger partial charge in [0.25, 0.3) is 5.91 Å². The number of nitrogens with zero attached hydrogens (tertiary/aromatic N) is 2. The number of pyridine rings is 1. The van der Waals surface area contributed by atoms with Crippen LogP contribution in [0.5, 0.6) is 0 Å². The molecule has 2 amide bonds. The van der Waals surface area contributed by atoms with Gasteiger partial charge in [0.1, 0.15) is 10.9 Å². The average Bonchev–Trinajstić information content (AvgIpc) is 2.85. The quantitative estimate of drug-likeness (QED) is 0.662. The van der Waals surface area contributed by atoms with Gasteiger partial charge in [0.05, 0.1) is 16.8 Å². The zero-order chi connectivity index (χ0) is 17.8. The summed E-state index contributed by atoms with van der Waals surface area (Å²) in [6.07, 6.45) is 4.95. The summed E-state index contributed by atoms with van der Waals surface area (Å²) in [6.45, 7) is 1.88. The monoisotopic (exact) mass is 369 g/mol. The number of benzene rings is 1. The standard InChI is InChI=1S/C18H15N3O2S2/c1-12-4-6-13(7-5-12)9-15-17(23)21(18(24)25-15)11-16(22)20-14-3-2-8-19-10-14/h2-10H,11H2,1H3,(H,20,22)/b15-9-. The van der Waals surface area contributed by atoms with Crippen LogP contribution < -0.4 is 5.32 Å². The van der Waals surface area contributed by atoms with Crippen LogP contribution in [-0.2, 0) is 9.59 Å². The molecule has 0 atom stereocenters. The Hall–Kier alpha value is -2.51. The molecule has 0 spiro atoms. The van der Waals surface area contributed by atoms with Crippen molar-refractivity contribution >= 4 is 51.9 Å². The van der Waals surface area contributed by atoms with E-state index in [4.69, 9.17) is 12.2 Å². The van der Waals surface area contributed by atoms with E-state index >= 15 is 0 Å². The number of aryl methyl sites for hydroxylation is 1. The number of nitrogens with one attached hydrogen (secondary N) is 1. The lowest BCUT2D eigenvalue weighted by atomic mass is 10.1. The highest BCUT2D eigenvalue weighted by molar-refractivity contribution is 8.26. The summed E-state index contributed by atoms with van der Waals surface area (Å²) in [7, 11) is 0. The fraction of sp³-hybridized carbons (Fsp3) is 0.111. The summed E-state index contributed by atoms with van der Waals surface area (Å²) >= 11 is 6.46. The Bertz CT molecular complexity index is 848. The van der Waals surface area contributed by atoms with Gasteiger partial charge < -0.3 is 5.32 Å². The van der Waals surface area contributed by atoms with E-state index in [0.29, 0.717) is 14.9 Å². The predicted molar refractivity (Wildman–Crippen MR) is 104 cm³/mol. The molecule has 1 aromatic carbocycles. The second-order valence-electron chi connectivity index (χ2n) is 5.47. The molecule has 1 aromatic heterocycles. The maximum Gasteiger partial charge on any atom is 0.266 e. The van der Waals surface area contributed by atoms with Crippen LogP contribution in [0.2, 0.25) is 0 Å². The lowest BCUT2D eigenvalue weighted by Gasteiger charge is -2.14. The zero-order valence-electron chi connectivity index (χ0n) is 13.4. The Morgan fingerprint density at radius 3 is 2.76 bits per heavy atom. The molecular weight excluding hydrogens is 354 g/mol. The maximum atomic E-state index is 12.5. The van der Waals surface area contributed by atoms with E-state index in [1.54, 1.807) is 30.6 Å². The lowest BCUT2D eigenvalue weighted by Crippen LogP contribution is -2.36. The van der Waals surface area contributed by atoms with Gasteiger partial charge in [0, 0.05) is 6.20 Å². The first-order valence-corrected chi connectivity index (χ1v) is 8.77. The number of aromatic nitrogens is 1. The molecule has 126 valence electrons. The van der Waals surface area contributed by atoms with Gasteiger partial charge in [-0.2, -0.15) is 0 Å². The highest BCUT2D eigenvalue weighted by Gasteiger charge is 2.33. The molecule has 0 radical (unpaired) electrons. The molecule has 3 rings (SSSR count). The van der Waals surface area contributed by atoms with E-state index in [-0.39, 0.29) is 18.4 Å². The zero-order valence-corrected chi connectivity index (χ0v) is 15.1. The van der Waals surface area contributed by atoms with E-state index in [0.717, 1.165) is 11.1 Å². The Balaban J connectivity index is 1.69. The molecule has 1 aliphatic heterocycles. The van der Waals surface area contributed by atoms with Crippen molar-refractivity contribution in [2.24, 2.45) is 0 Å². The van der Waals surface area contributed by atoms with E-state index in [9.17, 15) is 9.59 Å². The van der Waals surface area contributed by atoms with Crippen molar-refractivity contribution in [1.29, 1.82) is 0 Å². The summed E-state index contributed by atoms with van der Waals surface area (Å²) in [5, 5.41) is 2.70. The fourth-order valence-electron chi connectivity index (χ4n) is 2.23. The number of anilines is 1. The van der Waals surface area contributed by atoms with Crippen LogP contribution in [0.3, 0.4) is 0 Å². The molecule has 2 aromatic rings. The van der Waals surface area contributed by atoms with E-state index in [1.165, 1.54) is 16.7 Å². The van der Waals surface area contributed by atoms with E-state index in [2.05, 4.69) is 10.3 Å². The maximum absolute atomic E-state index is 12.5. The molecule has 0 aliphatic carbocycles. The molecule has 5 nitrogen and oxygen atoms in total. The van der Waals surface area contributed by atoms with Crippen molar-refractivity contribution in [3.63, 3.8) is 0 Å². The number of thiocarbonyl (C=S) groups is 1. The third-order valence-corrected chi connectivity index (χ3v) is 4.87. The second-order valence-corrected chi connectivity index (χ2v) is 7.14. The van der Waals surface area contributed by atoms with Crippen LogP contribution in [0, 0.1) is 6.92 Å². The molecule has 1 saturated heterocycles. The number of carbonyl (C=O) groups excluding carboxylic acids is 2. The van der Waals surface area contributed by atoms with Crippen molar-refractivity contribution in [3.8, 4) is 0 Å². The first kappa shape index (κ1) is 17.3. The van der Waals surface area contributed by atoms with Crippen molar-refractivity contribution in [3.05, 3.63) is 64.8 Å². The predicted octanol–water partition coefficient (Wildman–Crippen LogP) is 3.23. The molecule has 0 unspecified atom stereocenters. The van der Waals surface area contributed by atoms with Gasteiger partial charge in [-0.05, 0) is 30.7 Å². The topological polar surface area (TPSA) is 62.3 Å². The minimum atomic E-state index is -0.319. The Kier molecular flexibility index (Phi) is 5.25. The Labute approximate surface area is 155 Å². The number of hydrogen-bond donors (Lipinski definition) is 1. The van der Waals surface area contributed by atoms with Crippen molar-refractivity contribution in [2.75, 3.05) is 11.9 Å². The molecule has 1 aliphatic rings. The largest absolute Gasteiger partial charge is 0.323 e. The van der Waals surface area contributed by atoms with E-state index < -0.39 is 0 Å². The number of thioether (sulfide) groups is 1. The summed E-state index contributed by atoms with van der Waals surface area (Å²) in [5.41, 5.74) is 2.65. The van der Waals surface area contributed by atoms with Gasteiger partial charge in [-0.1, -0.05) is 53.8 Å². The second kappa shape index (κ2) is 7.58. The molecule has 2 heterocycles. The molecule has 25 heavy (non-hydrogen) atoms. The van der Waals surface area contributed by atoms with Gasteiger partial charge in [-0.15, -0.1) is 0 Å². The summed E-state index contributed by atoms with van der Waals surface area (Å²) in [5.74, 6) is -0.571. The van der Waals surface area contributed by atoms with Gasteiger partial charge >= 0.3 is 0 Å². The first-order valence-electron chi connectivity index (χ1n) is 7.55. The SMILES string of the molecule is Cc1ccc(/C=C2\SC(=S)N(CC(=O)Nc3cccnc3)C2=O)cc1. The first-order chi connectivity index (χ1) is 12.0. The molecular formula is C18H15N3O2S2. The van der Waals surface area contributed by atoms with Crippen molar-refractivity contribution in [2.45, 2.75) is 6.92 Å². The number of hydrogen-bond acceptors (Lipinski definition) is 5. The van der Waals surface area contributed by atoms with Crippen LogP contribution in [0.1, 0.15) is 11.1 Å². The van der Waals surface area contributed by atoms with Crippen LogP contribution in [0.4, 0.5) is 5.69 Å². The van der Waals surface area contributed by atoms with Gasteiger partial charge in [-0.3, -0.25) is 19.5 Å². The minimum absolute atomic E-state index is 0.120. The molecule has 1 fully saturated rings.